The number of benzene rings is 4. The fraction of sp³-hybridized carbons (Fsp3) is 0.492. The van der Waals surface area contributed by atoms with Gasteiger partial charge in [-0.3, -0.25) is 24.0 Å². The van der Waals surface area contributed by atoms with Gasteiger partial charge >= 0.3 is 12.1 Å². The summed E-state index contributed by atoms with van der Waals surface area (Å²) in [6.45, 7) is 12.2. The van der Waals surface area contributed by atoms with Crippen molar-refractivity contribution in [1.29, 1.82) is 0 Å². The number of amides is 9. The number of carbonyl (C=O) groups is 8. The highest BCUT2D eigenvalue weighted by molar-refractivity contribution is 5.85. The molecule has 0 spiro atoms. The molecule has 0 radical (unpaired) electrons. The van der Waals surface area contributed by atoms with E-state index >= 15 is 0 Å². The lowest BCUT2D eigenvalue weighted by molar-refractivity contribution is -0.132. The summed E-state index contributed by atoms with van der Waals surface area (Å²) in [5, 5.41) is 20.2. The van der Waals surface area contributed by atoms with Gasteiger partial charge in [-0.05, 0) is 123 Å². The maximum absolute atomic E-state index is 13.8. The Bertz CT molecular complexity index is 2410. The molecule has 6 atom stereocenters. The van der Waals surface area contributed by atoms with E-state index in [1.807, 2.05) is 128 Å². The van der Waals surface area contributed by atoms with Gasteiger partial charge in [-0.2, -0.15) is 0 Å². The highest BCUT2D eigenvalue weighted by Gasteiger charge is 2.38. The van der Waals surface area contributed by atoms with Crippen LogP contribution in [0.1, 0.15) is 120 Å². The fourth-order valence-corrected chi connectivity index (χ4v) is 9.68. The Hall–Kier alpha value is -7.68. The number of urea groups is 2. The number of nitrogens with one attached hydrogen (secondary N) is 7. The molecule has 83 heavy (non-hydrogen) atoms. The first-order chi connectivity index (χ1) is 40.2. The maximum Gasteiger partial charge on any atom is 0.317 e. The molecule has 4 aromatic carbocycles. The first-order valence-corrected chi connectivity index (χ1v) is 29.2. The van der Waals surface area contributed by atoms with Crippen molar-refractivity contribution < 1.29 is 38.4 Å². The first-order valence-electron chi connectivity index (χ1n) is 29.2. The molecule has 454 valence electrons. The van der Waals surface area contributed by atoms with E-state index in [4.69, 9.17) is 0 Å². The number of unbranched alkanes of at least 4 members (excludes halogenated alkanes) is 1. The third kappa shape index (κ3) is 24.4. The second-order valence-corrected chi connectivity index (χ2v) is 20.6. The van der Waals surface area contributed by atoms with Gasteiger partial charge in [0.05, 0.1) is 18.1 Å². The Morgan fingerprint density at radius 2 is 1.18 bits per heavy atom. The summed E-state index contributed by atoms with van der Waals surface area (Å²) in [7, 11) is 5.38. The van der Waals surface area contributed by atoms with Gasteiger partial charge in [-0.15, -0.1) is 0 Å². The predicted octanol–water partition coefficient (Wildman–Crippen LogP) is 5.50. The van der Waals surface area contributed by atoms with Gasteiger partial charge in [0.1, 0.15) is 18.4 Å². The van der Waals surface area contributed by atoms with Crippen molar-refractivity contribution in [2.75, 3.05) is 67.0 Å². The number of hydrogen-bond donors (Lipinski definition) is 8. The molecule has 20 heteroatoms. The third-order valence-corrected chi connectivity index (χ3v) is 14.7. The normalized spacial score (nSPS) is 16.3. The lowest BCUT2D eigenvalue weighted by Crippen LogP contribution is -2.52. The van der Waals surface area contributed by atoms with Crippen LogP contribution in [0.5, 0.6) is 0 Å². The molecule has 0 aromatic heterocycles. The topological polar surface area (TPSA) is 260 Å². The summed E-state index contributed by atoms with van der Waals surface area (Å²) in [5.41, 5.74) is 8.52. The van der Waals surface area contributed by atoms with E-state index in [9.17, 15) is 38.4 Å². The van der Waals surface area contributed by atoms with E-state index in [0.29, 0.717) is 58.0 Å². The van der Waals surface area contributed by atoms with Crippen LogP contribution in [0.4, 0.5) is 9.59 Å². The summed E-state index contributed by atoms with van der Waals surface area (Å²) in [4.78, 5) is 106. The second-order valence-electron chi connectivity index (χ2n) is 20.6. The maximum atomic E-state index is 13.8. The molecule has 2 heterocycles. The molecule has 4 aromatic rings. The molecule has 0 saturated carbocycles. The van der Waals surface area contributed by atoms with Crippen LogP contribution in [0.2, 0.25) is 0 Å². The van der Waals surface area contributed by atoms with Crippen LogP contribution in [0.25, 0.3) is 0 Å². The van der Waals surface area contributed by atoms with Gasteiger partial charge in [-0.25, -0.2) is 9.59 Å². The van der Waals surface area contributed by atoms with E-state index in [2.05, 4.69) is 61.8 Å². The summed E-state index contributed by atoms with van der Waals surface area (Å²) in [6, 6.07) is 36.3. The fourth-order valence-electron chi connectivity index (χ4n) is 9.68. The van der Waals surface area contributed by atoms with Crippen molar-refractivity contribution in [3.63, 3.8) is 0 Å². The van der Waals surface area contributed by atoms with Crippen molar-refractivity contribution in [3.8, 4) is 0 Å². The number of nitrogens with zero attached hydrogens (tertiary/aromatic N) is 4. The Labute approximate surface area is 492 Å². The summed E-state index contributed by atoms with van der Waals surface area (Å²) >= 11 is 0. The molecule has 0 bridgehead atoms. The number of aldehydes is 1. The average Bonchev–Trinajstić information content (AvgIpc) is 4.38. The highest BCUT2D eigenvalue weighted by Crippen LogP contribution is 2.28. The van der Waals surface area contributed by atoms with E-state index in [1.165, 1.54) is 31.3 Å². The molecule has 2 fully saturated rings. The van der Waals surface area contributed by atoms with Crippen LogP contribution in [0, 0.1) is 0 Å². The molecule has 3 unspecified atom stereocenters. The number of hydrogen-bond acceptors (Lipinski definition) is 11. The number of nitrogens with two attached hydrogens (primary N) is 1. The average molecular weight is 1150 g/mol. The van der Waals surface area contributed by atoms with Crippen LogP contribution < -0.4 is 43.0 Å². The van der Waals surface area contributed by atoms with Crippen molar-refractivity contribution in [3.05, 3.63) is 144 Å². The molecule has 2 saturated heterocycles. The van der Waals surface area contributed by atoms with Gasteiger partial charge in [0.2, 0.25) is 30.5 Å². The van der Waals surface area contributed by atoms with Crippen molar-refractivity contribution in [1.82, 2.24) is 56.8 Å². The molecule has 20 nitrogen and oxygen atoms in total. The smallest absolute Gasteiger partial charge is 0.317 e. The zero-order valence-electron chi connectivity index (χ0n) is 50.1. The molecular formula is C63H94N12O8. The van der Waals surface area contributed by atoms with E-state index in [1.54, 1.807) is 37.6 Å². The highest BCUT2D eigenvalue weighted by atomic mass is 16.2. The quantitative estimate of drug-likeness (QED) is 0.0260. The molecule has 9 N–H and O–H groups in total. The Balaban J connectivity index is 0.000000586. The Kier molecular flexibility index (Phi) is 33.3. The Morgan fingerprint density at radius 1 is 0.675 bits per heavy atom. The van der Waals surface area contributed by atoms with Gasteiger partial charge in [0, 0.05) is 63.8 Å². The van der Waals surface area contributed by atoms with Gasteiger partial charge in [0.15, 0.2) is 0 Å². The van der Waals surface area contributed by atoms with E-state index in [0.717, 1.165) is 41.1 Å². The number of rotatable bonds is 28. The van der Waals surface area contributed by atoms with E-state index in [-0.39, 0.29) is 74.0 Å². The number of likely N-dealkylation sites (tertiary alicyclic amines) is 2. The van der Waals surface area contributed by atoms with Gasteiger partial charge < -0.3 is 67.3 Å². The van der Waals surface area contributed by atoms with Crippen molar-refractivity contribution >= 4 is 48.9 Å². The predicted molar refractivity (Wildman–Crippen MR) is 327 cm³/mol. The molecular weight excluding hydrogens is 1050 g/mol. The monoisotopic (exact) mass is 1150 g/mol. The number of likely N-dealkylation sites (N-methyl/N-ethyl adjacent to an activating group) is 2. The Morgan fingerprint density at radius 3 is 1.59 bits per heavy atom. The standard InChI is InChI=1S/C42H63N9O7.C14H13NO.C6H13N.CH5N/c1-6-37(54)47-34(28-52)27-49(7-2)41(57)44-23-14-15-24-45-42(58)50(26-30(3)46-39(55)31(4)43-5)25-22-35-20-21-36(51(35)29-53)40(56)48-38(32-16-10-8-11-17-32)33-18-12-9-13-19-33;16-11-15-14(12-7-3-1-4-8-12)13-9-5-2-6-10-13;1-6-4-3-5-7(6)2;1-2/h8-13,16-19,28-31,34-36,38,43H,6-7,14-15,20-27H2,1-5H3,(H,44,57)(H,45,58)(H,46,55)(H,47,54)(H,48,56);1-11,14H,(H,15,16);6H,3-5H2,1-2H3;2H2,1H3/t30?,31?,34-,35+,36?;;6-;/m0.1./s1. The molecule has 2 aliphatic heterocycles. The summed E-state index contributed by atoms with van der Waals surface area (Å²) in [5.74, 6) is -0.725. The lowest BCUT2D eigenvalue weighted by Gasteiger charge is -2.31. The molecule has 9 amide bonds. The minimum atomic E-state index is -0.798. The van der Waals surface area contributed by atoms with Gasteiger partial charge in [-0.1, -0.05) is 128 Å². The number of carbonyl (C=O) groups excluding carboxylic acids is 8. The van der Waals surface area contributed by atoms with Crippen molar-refractivity contribution in [2.45, 2.75) is 134 Å². The molecule has 6 rings (SSSR count). The van der Waals surface area contributed by atoms with Crippen LogP contribution in [0.3, 0.4) is 0 Å². The lowest BCUT2D eigenvalue weighted by atomic mass is 9.98. The first kappa shape index (κ1) is 69.6. The summed E-state index contributed by atoms with van der Waals surface area (Å²) in [6.07, 6.45) is 7.73. The molecule has 0 aliphatic carbocycles. The zero-order valence-corrected chi connectivity index (χ0v) is 50.1. The van der Waals surface area contributed by atoms with Crippen LogP contribution in [0.15, 0.2) is 121 Å². The van der Waals surface area contributed by atoms with Crippen molar-refractivity contribution in [2.24, 2.45) is 5.73 Å². The van der Waals surface area contributed by atoms with Crippen LogP contribution >= 0.6 is 0 Å². The van der Waals surface area contributed by atoms with Crippen LogP contribution in [-0.4, -0.2) is 172 Å². The summed E-state index contributed by atoms with van der Waals surface area (Å²) < 4.78 is 0. The largest absolute Gasteiger partial charge is 0.351 e. The minimum Gasteiger partial charge on any atom is -0.351 e. The minimum absolute atomic E-state index is 0.0541. The zero-order chi connectivity index (χ0) is 60.9. The van der Waals surface area contributed by atoms with Crippen LogP contribution in [-0.2, 0) is 28.8 Å². The molecule has 2 aliphatic rings. The third-order valence-electron chi connectivity index (χ3n) is 14.7. The van der Waals surface area contributed by atoms with Gasteiger partial charge in [0.25, 0.3) is 0 Å². The second kappa shape index (κ2) is 39.7. The van der Waals surface area contributed by atoms with E-state index < -0.39 is 24.2 Å². The SMILES string of the molecule is CCC(=O)N[C@H](C=O)CN(CC)C(=O)NCCCCNC(=O)N(CC[C@H]1CCC(C(=O)NC(c2ccccc2)c2ccccc2)N1C=O)CC(C)NC(=O)C(C)NC.CN.C[C@@H]1CCCN1C.O=CNC(c1ccccc1)c1ccccc1.